The molecule has 1 saturated carbocycles. The van der Waals surface area contributed by atoms with Crippen molar-refractivity contribution in [3.05, 3.63) is 52.6 Å². The average Bonchev–Trinajstić information content (AvgIpc) is 2.82. The van der Waals surface area contributed by atoms with Gasteiger partial charge in [0.25, 0.3) is 0 Å². The summed E-state index contributed by atoms with van der Waals surface area (Å²) in [6.07, 6.45) is 7.32. The maximum absolute atomic E-state index is 13.3. The fraction of sp³-hybridized carbons (Fsp3) is 0.500. The molecule has 31 heavy (non-hydrogen) atoms. The summed E-state index contributed by atoms with van der Waals surface area (Å²) in [6.45, 7) is 5.14. The second kappa shape index (κ2) is 10.7. The van der Waals surface area contributed by atoms with Gasteiger partial charge in [-0.1, -0.05) is 48.5 Å². The summed E-state index contributed by atoms with van der Waals surface area (Å²) in [4.78, 5) is 24.4. The van der Waals surface area contributed by atoms with Crippen LogP contribution in [0.25, 0.3) is 0 Å². The summed E-state index contributed by atoms with van der Waals surface area (Å²) in [5, 5.41) is 1.44. The molecule has 0 spiro atoms. The summed E-state index contributed by atoms with van der Waals surface area (Å²) in [6, 6.07) is 11.4. The van der Waals surface area contributed by atoms with Crippen molar-refractivity contribution in [1.29, 1.82) is 0 Å². The van der Waals surface area contributed by atoms with Crippen LogP contribution in [0.15, 0.2) is 42.6 Å². The van der Waals surface area contributed by atoms with E-state index in [1.54, 1.807) is 6.20 Å². The van der Waals surface area contributed by atoms with Gasteiger partial charge in [0.05, 0.1) is 10.7 Å². The lowest BCUT2D eigenvalue weighted by Gasteiger charge is -2.37. The molecule has 0 atom stereocenters. The van der Waals surface area contributed by atoms with Gasteiger partial charge >= 0.3 is 0 Å². The highest BCUT2D eigenvalue weighted by Gasteiger charge is 2.28. The van der Waals surface area contributed by atoms with Crippen molar-refractivity contribution in [2.24, 2.45) is 5.92 Å². The number of piperazine rings is 1. The SMILES string of the molecule is O=C(C1CCCCC1)N(CCN1CCN(c2cc(Cl)ccc2Cl)CC1)c1ccccn1. The van der Waals surface area contributed by atoms with Crippen molar-refractivity contribution in [2.45, 2.75) is 32.1 Å². The van der Waals surface area contributed by atoms with E-state index in [0.29, 0.717) is 11.6 Å². The Bertz CT molecular complexity index is 865. The molecule has 4 rings (SSSR count). The molecule has 1 amide bonds. The Hall–Kier alpha value is -1.82. The van der Waals surface area contributed by atoms with E-state index in [1.807, 2.05) is 41.3 Å². The van der Waals surface area contributed by atoms with Gasteiger partial charge in [-0.2, -0.15) is 0 Å². The van der Waals surface area contributed by atoms with E-state index < -0.39 is 0 Å². The highest BCUT2D eigenvalue weighted by molar-refractivity contribution is 6.35. The number of pyridine rings is 1. The lowest BCUT2D eigenvalue weighted by atomic mass is 9.88. The molecule has 2 aromatic rings. The molecule has 1 aromatic carbocycles. The van der Waals surface area contributed by atoms with Gasteiger partial charge in [-0.25, -0.2) is 4.98 Å². The van der Waals surface area contributed by atoms with E-state index in [0.717, 1.165) is 74.9 Å². The van der Waals surface area contributed by atoms with Gasteiger partial charge in [0.2, 0.25) is 5.91 Å². The molecule has 166 valence electrons. The summed E-state index contributed by atoms with van der Waals surface area (Å²) < 4.78 is 0. The molecule has 1 aromatic heterocycles. The van der Waals surface area contributed by atoms with Gasteiger partial charge in [-0.05, 0) is 43.2 Å². The van der Waals surface area contributed by atoms with Gasteiger partial charge in [0, 0.05) is 56.4 Å². The van der Waals surface area contributed by atoms with Crippen LogP contribution in [0.3, 0.4) is 0 Å². The van der Waals surface area contributed by atoms with Crippen LogP contribution in [-0.4, -0.2) is 55.1 Å². The first kappa shape index (κ1) is 22.4. The fourth-order valence-corrected chi connectivity index (χ4v) is 5.01. The molecule has 1 aliphatic carbocycles. The second-order valence-electron chi connectivity index (χ2n) is 8.44. The number of benzene rings is 1. The van der Waals surface area contributed by atoms with Crippen molar-refractivity contribution in [3.8, 4) is 0 Å². The summed E-state index contributed by atoms with van der Waals surface area (Å²) >= 11 is 12.5. The Kier molecular flexibility index (Phi) is 7.70. The maximum Gasteiger partial charge on any atom is 0.231 e. The van der Waals surface area contributed by atoms with Crippen LogP contribution >= 0.6 is 23.2 Å². The van der Waals surface area contributed by atoms with Crippen LogP contribution < -0.4 is 9.80 Å². The van der Waals surface area contributed by atoms with Crippen LogP contribution in [-0.2, 0) is 4.79 Å². The highest BCUT2D eigenvalue weighted by Crippen LogP contribution is 2.30. The summed E-state index contributed by atoms with van der Waals surface area (Å²) in [7, 11) is 0. The lowest BCUT2D eigenvalue weighted by molar-refractivity contribution is -0.123. The monoisotopic (exact) mass is 460 g/mol. The smallest absolute Gasteiger partial charge is 0.231 e. The zero-order chi connectivity index (χ0) is 21.6. The van der Waals surface area contributed by atoms with Gasteiger partial charge in [-0.3, -0.25) is 14.6 Å². The molecule has 1 saturated heterocycles. The maximum atomic E-state index is 13.3. The molecular formula is C24H30Cl2N4O. The van der Waals surface area contributed by atoms with Crippen molar-refractivity contribution in [3.63, 3.8) is 0 Å². The lowest BCUT2D eigenvalue weighted by Crippen LogP contribution is -2.50. The zero-order valence-electron chi connectivity index (χ0n) is 17.9. The first-order valence-electron chi connectivity index (χ1n) is 11.3. The minimum Gasteiger partial charge on any atom is -0.368 e. The predicted octanol–water partition coefficient (Wildman–Crippen LogP) is 5.12. The number of rotatable bonds is 6. The predicted molar refractivity (Wildman–Crippen MR) is 128 cm³/mol. The van der Waals surface area contributed by atoms with Gasteiger partial charge in [0.15, 0.2) is 0 Å². The molecule has 0 bridgehead atoms. The van der Waals surface area contributed by atoms with E-state index in [-0.39, 0.29) is 11.8 Å². The minimum atomic E-state index is 0.137. The molecule has 1 aliphatic heterocycles. The average molecular weight is 461 g/mol. The third-order valence-corrected chi connectivity index (χ3v) is 6.96. The van der Waals surface area contributed by atoms with Crippen molar-refractivity contribution < 1.29 is 4.79 Å². The molecule has 0 N–H and O–H groups in total. The first-order chi connectivity index (χ1) is 15.1. The Morgan fingerprint density at radius 1 is 1.03 bits per heavy atom. The number of halogens is 2. The normalized spacial score (nSPS) is 18.2. The Labute approximate surface area is 194 Å². The topological polar surface area (TPSA) is 39.7 Å². The number of nitrogens with zero attached hydrogens (tertiary/aromatic N) is 4. The third kappa shape index (κ3) is 5.71. The van der Waals surface area contributed by atoms with E-state index in [4.69, 9.17) is 23.2 Å². The minimum absolute atomic E-state index is 0.137. The molecule has 2 aliphatic rings. The quantitative estimate of drug-likeness (QED) is 0.599. The standard InChI is InChI=1S/C24H30Cl2N4O/c25-20-9-10-21(26)22(18-20)29-15-12-28(13-16-29)14-17-30(23-8-4-5-11-27-23)24(31)19-6-2-1-3-7-19/h4-5,8-11,18-19H,1-3,6-7,12-17H2. The molecule has 2 fully saturated rings. The van der Waals surface area contributed by atoms with Gasteiger partial charge in [0.1, 0.15) is 5.82 Å². The summed E-state index contributed by atoms with van der Waals surface area (Å²) in [5.74, 6) is 1.14. The molecule has 0 unspecified atom stereocenters. The summed E-state index contributed by atoms with van der Waals surface area (Å²) in [5.41, 5.74) is 0.997. The fourth-order valence-electron chi connectivity index (χ4n) is 4.60. The zero-order valence-corrected chi connectivity index (χ0v) is 19.4. The van der Waals surface area contributed by atoms with Crippen LogP contribution in [0, 0.1) is 5.92 Å². The second-order valence-corrected chi connectivity index (χ2v) is 9.28. The Balaban J connectivity index is 1.36. The largest absolute Gasteiger partial charge is 0.368 e. The van der Waals surface area contributed by atoms with E-state index in [9.17, 15) is 4.79 Å². The van der Waals surface area contributed by atoms with Crippen molar-refractivity contribution in [1.82, 2.24) is 9.88 Å². The van der Waals surface area contributed by atoms with Crippen LogP contribution in [0.4, 0.5) is 11.5 Å². The van der Waals surface area contributed by atoms with Crippen LogP contribution in [0.2, 0.25) is 10.0 Å². The van der Waals surface area contributed by atoms with E-state index in [2.05, 4.69) is 14.8 Å². The number of hydrogen-bond donors (Lipinski definition) is 0. The van der Waals surface area contributed by atoms with Crippen LogP contribution in [0.5, 0.6) is 0 Å². The van der Waals surface area contributed by atoms with Gasteiger partial charge in [-0.15, -0.1) is 0 Å². The molecule has 5 nitrogen and oxygen atoms in total. The molecule has 0 radical (unpaired) electrons. The van der Waals surface area contributed by atoms with E-state index in [1.165, 1.54) is 6.42 Å². The third-order valence-electron chi connectivity index (χ3n) is 6.41. The highest BCUT2D eigenvalue weighted by atomic mass is 35.5. The van der Waals surface area contributed by atoms with Crippen molar-refractivity contribution >= 4 is 40.6 Å². The number of aromatic nitrogens is 1. The molecule has 7 heteroatoms. The van der Waals surface area contributed by atoms with Gasteiger partial charge < -0.3 is 4.90 Å². The van der Waals surface area contributed by atoms with E-state index >= 15 is 0 Å². The first-order valence-corrected chi connectivity index (χ1v) is 12.0. The van der Waals surface area contributed by atoms with Crippen LogP contribution in [0.1, 0.15) is 32.1 Å². The number of anilines is 2. The number of hydrogen-bond acceptors (Lipinski definition) is 4. The molecule has 2 heterocycles. The van der Waals surface area contributed by atoms with Crippen molar-refractivity contribution in [2.75, 3.05) is 49.1 Å². The number of carbonyl (C=O) groups excluding carboxylic acids is 1. The molecular weight excluding hydrogens is 431 g/mol. The Morgan fingerprint density at radius 3 is 2.52 bits per heavy atom. The Morgan fingerprint density at radius 2 is 1.81 bits per heavy atom. The number of carbonyl (C=O) groups is 1. The number of amides is 1.